The van der Waals surface area contributed by atoms with E-state index in [4.69, 9.17) is 5.73 Å². The van der Waals surface area contributed by atoms with E-state index in [0.29, 0.717) is 6.54 Å². The monoisotopic (exact) mass is 346 g/mol. The fraction of sp³-hybridized carbons (Fsp3) is 0.462. The van der Waals surface area contributed by atoms with Crippen LogP contribution in [0.1, 0.15) is 25.3 Å². The highest BCUT2D eigenvalue weighted by molar-refractivity contribution is 14.1. The van der Waals surface area contributed by atoms with Crippen molar-refractivity contribution in [3.05, 3.63) is 33.4 Å². The molecule has 0 aromatic heterocycles. The standard InChI is InChI=1S/C13H19IN2O/c1-2-3-8-16(10-13(15)17)9-11-4-6-12(14)7-5-11/h4-7H,2-3,8-10H2,1H3,(H2,15,17). The Kier molecular flexibility index (Phi) is 6.50. The van der Waals surface area contributed by atoms with Crippen molar-refractivity contribution < 1.29 is 4.79 Å². The van der Waals surface area contributed by atoms with Crippen LogP contribution in [0.3, 0.4) is 0 Å². The predicted octanol–water partition coefficient (Wildman–Crippen LogP) is 2.38. The van der Waals surface area contributed by atoms with Gasteiger partial charge in [0.15, 0.2) is 0 Å². The van der Waals surface area contributed by atoms with Crippen LogP contribution in [0.2, 0.25) is 0 Å². The van der Waals surface area contributed by atoms with Gasteiger partial charge in [0.05, 0.1) is 6.54 Å². The van der Waals surface area contributed by atoms with Crippen LogP contribution in [0.25, 0.3) is 0 Å². The lowest BCUT2D eigenvalue weighted by atomic mass is 10.2. The normalized spacial score (nSPS) is 10.8. The number of hydrogen-bond donors (Lipinski definition) is 1. The second-order valence-corrected chi connectivity index (χ2v) is 5.40. The molecule has 0 heterocycles. The summed E-state index contributed by atoms with van der Waals surface area (Å²) in [4.78, 5) is 13.1. The summed E-state index contributed by atoms with van der Waals surface area (Å²) >= 11 is 2.29. The zero-order valence-electron chi connectivity index (χ0n) is 10.2. The average molecular weight is 346 g/mol. The Balaban J connectivity index is 2.57. The molecule has 94 valence electrons. The third-order valence-electron chi connectivity index (χ3n) is 2.53. The number of unbranched alkanes of at least 4 members (excludes halogenated alkanes) is 1. The zero-order valence-corrected chi connectivity index (χ0v) is 12.3. The highest BCUT2D eigenvalue weighted by atomic mass is 127. The molecule has 1 amide bonds. The smallest absolute Gasteiger partial charge is 0.231 e. The third-order valence-corrected chi connectivity index (χ3v) is 3.25. The van der Waals surface area contributed by atoms with Crippen molar-refractivity contribution in [1.29, 1.82) is 0 Å². The largest absolute Gasteiger partial charge is 0.369 e. The Morgan fingerprint density at radius 3 is 2.53 bits per heavy atom. The summed E-state index contributed by atoms with van der Waals surface area (Å²) < 4.78 is 1.22. The minimum Gasteiger partial charge on any atom is -0.369 e. The highest BCUT2D eigenvalue weighted by Crippen LogP contribution is 2.09. The van der Waals surface area contributed by atoms with Crippen LogP contribution in [0.15, 0.2) is 24.3 Å². The number of primary amides is 1. The van der Waals surface area contributed by atoms with E-state index in [-0.39, 0.29) is 5.91 Å². The number of carbonyl (C=O) groups excluding carboxylic acids is 1. The van der Waals surface area contributed by atoms with Gasteiger partial charge in [-0.25, -0.2) is 0 Å². The fourth-order valence-corrected chi connectivity index (χ4v) is 2.02. The van der Waals surface area contributed by atoms with Crippen LogP contribution in [0.5, 0.6) is 0 Å². The minimum absolute atomic E-state index is 0.258. The number of benzene rings is 1. The van der Waals surface area contributed by atoms with Gasteiger partial charge in [0.1, 0.15) is 0 Å². The summed E-state index contributed by atoms with van der Waals surface area (Å²) in [7, 11) is 0. The third kappa shape index (κ3) is 6.02. The van der Waals surface area contributed by atoms with Crippen LogP contribution in [0, 0.1) is 3.57 Å². The summed E-state index contributed by atoms with van der Waals surface area (Å²) in [5, 5.41) is 0. The lowest BCUT2D eigenvalue weighted by molar-refractivity contribution is -0.119. The van der Waals surface area contributed by atoms with Gasteiger partial charge in [0.2, 0.25) is 5.91 Å². The Morgan fingerprint density at radius 2 is 2.00 bits per heavy atom. The number of nitrogens with zero attached hydrogens (tertiary/aromatic N) is 1. The first-order valence-electron chi connectivity index (χ1n) is 5.87. The Hall–Kier alpha value is -0.620. The van der Waals surface area contributed by atoms with Gasteiger partial charge in [0, 0.05) is 10.1 Å². The maximum Gasteiger partial charge on any atom is 0.231 e. The van der Waals surface area contributed by atoms with Gasteiger partial charge in [-0.05, 0) is 53.3 Å². The number of nitrogens with two attached hydrogens (primary N) is 1. The first-order chi connectivity index (χ1) is 8.11. The van der Waals surface area contributed by atoms with Gasteiger partial charge in [-0.3, -0.25) is 9.69 Å². The highest BCUT2D eigenvalue weighted by Gasteiger charge is 2.08. The van der Waals surface area contributed by atoms with E-state index >= 15 is 0 Å². The fourth-order valence-electron chi connectivity index (χ4n) is 1.66. The van der Waals surface area contributed by atoms with Gasteiger partial charge >= 0.3 is 0 Å². The van der Waals surface area contributed by atoms with Gasteiger partial charge < -0.3 is 5.73 Å². The molecular weight excluding hydrogens is 327 g/mol. The molecule has 0 aliphatic heterocycles. The van der Waals surface area contributed by atoms with Gasteiger partial charge in [0.25, 0.3) is 0 Å². The van der Waals surface area contributed by atoms with E-state index < -0.39 is 0 Å². The molecule has 0 unspecified atom stereocenters. The topological polar surface area (TPSA) is 46.3 Å². The van der Waals surface area contributed by atoms with Crippen LogP contribution < -0.4 is 5.73 Å². The quantitative estimate of drug-likeness (QED) is 0.771. The van der Waals surface area contributed by atoms with Crippen molar-refractivity contribution in [3.8, 4) is 0 Å². The lowest BCUT2D eigenvalue weighted by Gasteiger charge is -2.20. The molecule has 0 saturated carbocycles. The summed E-state index contributed by atoms with van der Waals surface area (Å²) in [6.45, 7) is 4.20. The van der Waals surface area contributed by atoms with Crippen LogP contribution in [0.4, 0.5) is 0 Å². The molecule has 17 heavy (non-hydrogen) atoms. The van der Waals surface area contributed by atoms with E-state index in [9.17, 15) is 4.79 Å². The summed E-state index contributed by atoms with van der Waals surface area (Å²) in [5.74, 6) is -0.258. The molecular formula is C13H19IN2O. The molecule has 1 aromatic carbocycles. The van der Waals surface area contributed by atoms with E-state index in [1.165, 1.54) is 9.13 Å². The minimum atomic E-state index is -0.258. The van der Waals surface area contributed by atoms with E-state index in [2.05, 4.69) is 58.7 Å². The SMILES string of the molecule is CCCCN(CC(N)=O)Cc1ccc(I)cc1. The molecule has 4 heteroatoms. The summed E-state index contributed by atoms with van der Waals surface area (Å²) in [5.41, 5.74) is 6.49. The molecule has 0 fully saturated rings. The molecule has 0 radical (unpaired) electrons. The van der Waals surface area contributed by atoms with Crippen molar-refractivity contribution in [2.75, 3.05) is 13.1 Å². The van der Waals surface area contributed by atoms with Gasteiger partial charge in [-0.2, -0.15) is 0 Å². The Labute approximate surface area is 117 Å². The number of carbonyl (C=O) groups is 1. The number of halogens is 1. The molecule has 0 bridgehead atoms. The molecule has 0 aliphatic carbocycles. The molecule has 1 aromatic rings. The molecule has 0 saturated heterocycles. The summed E-state index contributed by atoms with van der Waals surface area (Å²) in [6, 6.07) is 8.36. The maximum atomic E-state index is 11.0. The van der Waals surface area contributed by atoms with Gasteiger partial charge in [-0.1, -0.05) is 25.5 Å². The zero-order chi connectivity index (χ0) is 12.7. The Bertz CT molecular complexity index is 351. The first-order valence-corrected chi connectivity index (χ1v) is 6.94. The van der Waals surface area contributed by atoms with Crippen LogP contribution in [-0.4, -0.2) is 23.9 Å². The number of hydrogen-bond acceptors (Lipinski definition) is 2. The Morgan fingerprint density at radius 1 is 1.35 bits per heavy atom. The van der Waals surface area contributed by atoms with E-state index in [0.717, 1.165) is 25.9 Å². The first kappa shape index (κ1) is 14.4. The maximum absolute atomic E-state index is 11.0. The predicted molar refractivity (Wildman–Crippen MR) is 78.5 cm³/mol. The number of rotatable bonds is 7. The average Bonchev–Trinajstić information content (AvgIpc) is 2.28. The van der Waals surface area contributed by atoms with Gasteiger partial charge in [-0.15, -0.1) is 0 Å². The van der Waals surface area contributed by atoms with Crippen molar-refractivity contribution in [2.24, 2.45) is 5.73 Å². The van der Waals surface area contributed by atoms with Crippen LogP contribution >= 0.6 is 22.6 Å². The molecule has 0 atom stereocenters. The summed E-state index contributed by atoms with van der Waals surface area (Å²) in [6.07, 6.45) is 2.22. The molecule has 0 aliphatic rings. The lowest BCUT2D eigenvalue weighted by Crippen LogP contribution is -2.34. The second kappa shape index (κ2) is 7.66. The van der Waals surface area contributed by atoms with Crippen molar-refractivity contribution in [2.45, 2.75) is 26.3 Å². The molecule has 0 spiro atoms. The number of amides is 1. The molecule has 2 N–H and O–H groups in total. The second-order valence-electron chi connectivity index (χ2n) is 4.16. The van der Waals surface area contributed by atoms with E-state index in [1.807, 2.05) is 0 Å². The van der Waals surface area contributed by atoms with E-state index in [1.54, 1.807) is 0 Å². The molecule has 1 rings (SSSR count). The van der Waals surface area contributed by atoms with Crippen LogP contribution in [-0.2, 0) is 11.3 Å². The van der Waals surface area contributed by atoms with Crippen molar-refractivity contribution >= 4 is 28.5 Å². The van der Waals surface area contributed by atoms with Crippen molar-refractivity contribution in [3.63, 3.8) is 0 Å². The molecule has 3 nitrogen and oxygen atoms in total. The van der Waals surface area contributed by atoms with Crippen molar-refractivity contribution in [1.82, 2.24) is 4.90 Å².